The number of carbonyl (C=O) groups is 1. The summed E-state index contributed by atoms with van der Waals surface area (Å²) >= 11 is 0. The highest BCUT2D eigenvalue weighted by Gasteiger charge is 2.21. The molecule has 0 radical (unpaired) electrons. The lowest BCUT2D eigenvalue weighted by Crippen LogP contribution is -2.30. The lowest BCUT2D eigenvalue weighted by Gasteiger charge is -2.18. The number of sulfonamides is 1. The predicted molar refractivity (Wildman–Crippen MR) is 81.7 cm³/mol. The van der Waals surface area contributed by atoms with E-state index in [1.165, 1.54) is 16.4 Å². The van der Waals surface area contributed by atoms with Crippen molar-refractivity contribution in [3.05, 3.63) is 24.3 Å². The van der Waals surface area contributed by atoms with Crippen LogP contribution in [0, 0.1) is 0 Å². The number of nitrogens with zero attached hydrogens (tertiary/aromatic N) is 1. The van der Waals surface area contributed by atoms with E-state index in [1.807, 2.05) is 0 Å². The molecule has 0 fully saturated rings. The maximum absolute atomic E-state index is 12.3. The lowest BCUT2D eigenvalue weighted by molar-refractivity contribution is -0.120. The largest absolute Gasteiger partial charge is 0.372 e. The minimum Gasteiger partial charge on any atom is -0.372 e. The van der Waals surface area contributed by atoms with Crippen LogP contribution in [0.2, 0.25) is 0 Å². The van der Waals surface area contributed by atoms with Crippen molar-refractivity contribution < 1.29 is 17.9 Å². The van der Waals surface area contributed by atoms with E-state index in [-0.39, 0.29) is 17.4 Å². The first-order chi connectivity index (χ1) is 9.95. The molecule has 0 unspecified atom stereocenters. The topological polar surface area (TPSA) is 75.7 Å². The Morgan fingerprint density at radius 2 is 1.71 bits per heavy atom. The van der Waals surface area contributed by atoms with E-state index in [0.717, 1.165) is 0 Å². The second-order valence-corrected chi connectivity index (χ2v) is 6.24. The Kier molecular flexibility index (Phi) is 6.80. The highest BCUT2D eigenvalue weighted by Crippen LogP contribution is 2.18. The van der Waals surface area contributed by atoms with Gasteiger partial charge in [-0.15, -0.1) is 0 Å². The second kappa shape index (κ2) is 8.11. The van der Waals surface area contributed by atoms with Crippen molar-refractivity contribution in [2.24, 2.45) is 0 Å². The molecular weight excluding hydrogens is 292 g/mol. The predicted octanol–water partition coefficient (Wildman–Crippen LogP) is 1.69. The zero-order chi connectivity index (χ0) is 15.9. The van der Waals surface area contributed by atoms with E-state index in [4.69, 9.17) is 4.74 Å². The third-order valence-corrected chi connectivity index (χ3v) is 4.98. The number of benzene rings is 1. The summed E-state index contributed by atoms with van der Waals surface area (Å²) in [7, 11) is -3.46. The van der Waals surface area contributed by atoms with Gasteiger partial charge in [-0.2, -0.15) is 4.31 Å². The second-order valence-electron chi connectivity index (χ2n) is 4.30. The Balaban J connectivity index is 2.80. The first kappa shape index (κ1) is 17.6. The van der Waals surface area contributed by atoms with Gasteiger partial charge in [0.05, 0.1) is 4.90 Å². The molecule has 0 bridgehead atoms. The van der Waals surface area contributed by atoms with Crippen LogP contribution in [0.5, 0.6) is 0 Å². The minimum atomic E-state index is -3.46. The number of ether oxygens (including phenoxy) is 1. The Bertz CT molecular complexity index is 551. The molecule has 1 amide bonds. The van der Waals surface area contributed by atoms with Crippen LogP contribution in [0.25, 0.3) is 0 Å². The fourth-order valence-corrected chi connectivity index (χ4v) is 3.27. The lowest BCUT2D eigenvalue weighted by atomic mass is 10.3. The van der Waals surface area contributed by atoms with Crippen LogP contribution in [0.15, 0.2) is 29.2 Å². The van der Waals surface area contributed by atoms with Crippen LogP contribution >= 0.6 is 0 Å². The quantitative estimate of drug-likeness (QED) is 0.792. The standard InChI is InChI=1S/C14H22N2O4S/c1-4-16(5-2)21(18,19)13-9-7-12(8-10-13)15-14(17)11-20-6-3/h7-10H,4-6,11H2,1-3H3,(H,15,17). The molecule has 7 heteroatoms. The minimum absolute atomic E-state index is 0.0179. The van der Waals surface area contributed by atoms with Gasteiger partial charge in [0.2, 0.25) is 15.9 Å². The molecule has 0 heterocycles. The van der Waals surface area contributed by atoms with E-state index in [9.17, 15) is 13.2 Å². The molecule has 0 atom stereocenters. The maximum Gasteiger partial charge on any atom is 0.250 e. The maximum atomic E-state index is 12.3. The number of rotatable bonds is 8. The molecule has 0 aliphatic rings. The third kappa shape index (κ3) is 4.80. The van der Waals surface area contributed by atoms with Crippen molar-refractivity contribution in [1.82, 2.24) is 4.31 Å². The average Bonchev–Trinajstić information content (AvgIpc) is 2.46. The molecule has 21 heavy (non-hydrogen) atoms. The third-order valence-electron chi connectivity index (χ3n) is 2.92. The number of amides is 1. The number of hydrogen-bond donors (Lipinski definition) is 1. The summed E-state index contributed by atoms with van der Waals surface area (Å²) in [5.41, 5.74) is 0.540. The van der Waals surface area contributed by atoms with Gasteiger partial charge in [0, 0.05) is 25.4 Å². The molecule has 1 N–H and O–H groups in total. The molecule has 1 rings (SSSR count). The van der Waals surface area contributed by atoms with Crippen molar-refractivity contribution >= 4 is 21.6 Å². The smallest absolute Gasteiger partial charge is 0.250 e. The Morgan fingerprint density at radius 3 is 2.19 bits per heavy atom. The van der Waals surface area contributed by atoms with E-state index in [2.05, 4.69) is 5.32 Å². The fraction of sp³-hybridized carbons (Fsp3) is 0.500. The van der Waals surface area contributed by atoms with Gasteiger partial charge in [-0.25, -0.2) is 8.42 Å². The van der Waals surface area contributed by atoms with Crippen LogP contribution in [0.4, 0.5) is 5.69 Å². The van der Waals surface area contributed by atoms with Gasteiger partial charge < -0.3 is 10.1 Å². The number of anilines is 1. The Morgan fingerprint density at radius 1 is 1.14 bits per heavy atom. The average molecular weight is 314 g/mol. The van der Waals surface area contributed by atoms with Gasteiger partial charge in [0.15, 0.2) is 0 Å². The Labute approximate surface area is 126 Å². The molecule has 0 aliphatic heterocycles. The monoisotopic (exact) mass is 314 g/mol. The van der Waals surface area contributed by atoms with Crippen LogP contribution < -0.4 is 5.32 Å². The molecule has 0 saturated heterocycles. The van der Waals surface area contributed by atoms with Crippen LogP contribution in [-0.4, -0.2) is 44.9 Å². The van der Waals surface area contributed by atoms with Crippen molar-refractivity contribution in [3.8, 4) is 0 Å². The van der Waals surface area contributed by atoms with Crippen LogP contribution in [0.1, 0.15) is 20.8 Å². The fourth-order valence-electron chi connectivity index (χ4n) is 1.81. The summed E-state index contributed by atoms with van der Waals surface area (Å²) < 4.78 is 31.0. The summed E-state index contributed by atoms with van der Waals surface area (Å²) in [6, 6.07) is 6.12. The SMILES string of the molecule is CCOCC(=O)Nc1ccc(S(=O)(=O)N(CC)CC)cc1. The normalized spacial score (nSPS) is 11.6. The van der Waals surface area contributed by atoms with Gasteiger partial charge in [0.1, 0.15) is 6.61 Å². The first-order valence-corrected chi connectivity index (χ1v) is 8.37. The highest BCUT2D eigenvalue weighted by molar-refractivity contribution is 7.89. The first-order valence-electron chi connectivity index (χ1n) is 6.93. The summed E-state index contributed by atoms with van der Waals surface area (Å²) in [5, 5.41) is 2.64. The van der Waals surface area contributed by atoms with Crippen LogP contribution in [-0.2, 0) is 19.6 Å². The summed E-state index contributed by atoms with van der Waals surface area (Å²) in [6.07, 6.45) is 0. The number of carbonyl (C=O) groups excluding carboxylic acids is 1. The molecular formula is C14H22N2O4S. The molecule has 0 aliphatic carbocycles. The molecule has 0 aromatic heterocycles. The highest BCUT2D eigenvalue weighted by atomic mass is 32.2. The van der Waals surface area contributed by atoms with Crippen molar-refractivity contribution in [2.45, 2.75) is 25.7 Å². The number of hydrogen-bond acceptors (Lipinski definition) is 4. The Hall–Kier alpha value is -1.44. The summed E-state index contributed by atoms with van der Waals surface area (Å²) in [5.74, 6) is -0.267. The molecule has 1 aromatic rings. The van der Waals surface area contributed by atoms with E-state index < -0.39 is 10.0 Å². The van der Waals surface area contributed by atoms with Crippen molar-refractivity contribution in [3.63, 3.8) is 0 Å². The van der Waals surface area contributed by atoms with Gasteiger partial charge in [-0.05, 0) is 31.2 Å². The van der Waals surface area contributed by atoms with E-state index in [0.29, 0.717) is 25.4 Å². The number of nitrogens with one attached hydrogen (secondary N) is 1. The van der Waals surface area contributed by atoms with Gasteiger partial charge in [-0.3, -0.25) is 4.79 Å². The van der Waals surface area contributed by atoms with Gasteiger partial charge in [0.25, 0.3) is 0 Å². The molecule has 0 saturated carbocycles. The van der Waals surface area contributed by atoms with Crippen LogP contribution in [0.3, 0.4) is 0 Å². The van der Waals surface area contributed by atoms with E-state index in [1.54, 1.807) is 32.9 Å². The van der Waals surface area contributed by atoms with E-state index >= 15 is 0 Å². The van der Waals surface area contributed by atoms with Crippen molar-refractivity contribution in [1.29, 1.82) is 0 Å². The van der Waals surface area contributed by atoms with Crippen molar-refractivity contribution in [2.75, 3.05) is 31.6 Å². The van der Waals surface area contributed by atoms with Gasteiger partial charge in [-0.1, -0.05) is 13.8 Å². The summed E-state index contributed by atoms with van der Waals surface area (Å²) in [4.78, 5) is 11.7. The molecule has 118 valence electrons. The van der Waals surface area contributed by atoms with Gasteiger partial charge >= 0.3 is 0 Å². The zero-order valence-electron chi connectivity index (χ0n) is 12.6. The zero-order valence-corrected chi connectivity index (χ0v) is 13.4. The molecule has 6 nitrogen and oxygen atoms in total. The molecule has 1 aromatic carbocycles. The molecule has 0 spiro atoms. The summed E-state index contributed by atoms with van der Waals surface area (Å²) in [6.45, 7) is 6.69.